The number of hydrogen-bond acceptors (Lipinski definition) is 5. The summed E-state index contributed by atoms with van der Waals surface area (Å²) in [4.78, 5) is 25.4. The van der Waals surface area contributed by atoms with Gasteiger partial charge in [-0.2, -0.15) is 0 Å². The lowest BCUT2D eigenvalue weighted by Crippen LogP contribution is -2.32. The number of rotatable bonds is 11. The van der Waals surface area contributed by atoms with Gasteiger partial charge in [0.2, 0.25) is 5.91 Å². The fraction of sp³-hybridized carbons (Fsp3) is 0.280. The van der Waals surface area contributed by atoms with Crippen molar-refractivity contribution >= 4 is 52.5 Å². The van der Waals surface area contributed by atoms with Crippen molar-refractivity contribution in [3.63, 3.8) is 0 Å². The maximum atomic E-state index is 13.0. The van der Waals surface area contributed by atoms with E-state index < -0.39 is 6.04 Å². The number of amides is 2. The number of thioether (sulfide) groups is 1. The first kappa shape index (κ1) is 26.8. The summed E-state index contributed by atoms with van der Waals surface area (Å²) in [6.45, 7) is 8.39. The number of allylic oxidation sites excluding steroid dienone is 1. The third kappa shape index (κ3) is 7.59. The maximum absolute atomic E-state index is 13.0. The number of benzene rings is 2. The molecular weight excluding hydrogens is 505 g/mol. The predicted octanol–water partition coefficient (Wildman–Crippen LogP) is 6.02. The van der Waals surface area contributed by atoms with Gasteiger partial charge in [-0.05, 0) is 42.7 Å². The minimum atomic E-state index is -0.422. The Kier molecular flexibility index (Phi) is 9.77. The van der Waals surface area contributed by atoms with Gasteiger partial charge in [-0.1, -0.05) is 73.1 Å². The molecule has 3 aromatic rings. The Morgan fingerprint density at radius 2 is 1.89 bits per heavy atom. The van der Waals surface area contributed by atoms with Crippen molar-refractivity contribution in [1.29, 1.82) is 0 Å². The first-order valence-electron chi connectivity index (χ1n) is 11.1. The number of aromatic nitrogens is 3. The van der Waals surface area contributed by atoms with E-state index in [9.17, 15) is 9.59 Å². The molecule has 0 aliphatic carbocycles. The molecule has 0 fully saturated rings. The normalized spacial score (nSPS) is 11.8. The van der Waals surface area contributed by atoms with Crippen LogP contribution in [0.1, 0.15) is 42.5 Å². The van der Waals surface area contributed by atoms with E-state index in [-0.39, 0.29) is 28.5 Å². The van der Waals surface area contributed by atoms with Gasteiger partial charge in [0.25, 0.3) is 5.91 Å². The minimum Gasteiger partial charge on any atom is -0.342 e. The third-order valence-electron chi connectivity index (χ3n) is 4.95. The number of carbonyl (C=O) groups is 2. The molecule has 0 aliphatic heterocycles. The summed E-state index contributed by atoms with van der Waals surface area (Å²) in [5.41, 5.74) is 1.05. The van der Waals surface area contributed by atoms with Crippen LogP contribution in [0, 0.1) is 5.92 Å². The Morgan fingerprint density at radius 3 is 2.54 bits per heavy atom. The lowest BCUT2D eigenvalue weighted by Gasteiger charge is -2.21. The van der Waals surface area contributed by atoms with Crippen LogP contribution >= 0.6 is 35.0 Å². The summed E-state index contributed by atoms with van der Waals surface area (Å²) in [6.07, 6.45) is 2.36. The molecule has 0 bridgehead atoms. The highest BCUT2D eigenvalue weighted by Crippen LogP contribution is 2.27. The van der Waals surface area contributed by atoms with Crippen LogP contribution in [0.5, 0.6) is 0 Å². The smallest absolute Gasteiger partial charge is 0.253 e. The van der Waals surface area contributed by atoms with Crippen molar-refractivity contribution in [2.24, 2.45) is 5.92 Å². The predicted molar refractivity (Wildman–Crippen MR) is 142 cm³/mol. The third-order valence-corrected chi connectivity index (χ3v) is 6.46. The van der Waals surface area contributed by atoms with Crippen molar-refractivity contribution in [2.45, 2.75) is 38.0 Å². The highest BCUT2D eigenvalue weighted by Gasteiger charge is 2.25. The first-order valence-corrected chi connectivity index (χ1v) is 12.8. The van der Waals surface area contributed by atoms with E-state index in [1.54, 1.807) is 18.2 Å². The molecule has 184 valence electrons. The summed E-state index contributed by atoms with van der Waals surface area (Å²) in [5, 5.41) is 15.9. The molecule has 0 unspecified atom stereocenters. The van der Waals surface area contributed by atoms with Crippen LogP contribution in [0.15, 0.2) is 66.3 Å². The Hall–Kier alpha value is -2.81. The molecule has 1 atom stereocenters. The van der Waals surface area contributed by atoms with Crippen LogP contribution < -0.4 is 10.6 Å². The molecule has 35 heavy (non-hydrogen) atoms. The summed E-state index contributed by atoms with van der Waals surface area (Å²) in [5.74, 6) is 0.527. The maximum Gasteiger partial charge on any atom is 0.253 e. The first-order chi connectivity index (χ1) is 16.8. The van der Waals surface area contributed by atoms with Crippen LogP contribution in [-0.2, 0) is 11.3 Å². The number of carbonyl (C=O) groups excluding carboxylic acids is 2. The molecule has 3 rings (SSSR count). The van der Waals surface area contributed by atoms with Crippen LogP contribution in [0.25, 0.3) is 0 Å². The second-order valence-corrected chi connectivity index (χ2v) is 10.0. The van der Waals surface area contributed by atoms with Gasteiger partial charge in [0, 0.05) is 17.3 Å². The van der Waals surface area contributed by atoms with E-state index in [0.717, 1.165) is 5.69 Å². The Balaban J connectivity index is 1.79. The Bertz CT molecular complexity index is 1180. The van der Waals surface area contributed by atoms with Crippen molar-refractivity contribution in [1.82, 2.24) is 20.1 Å². The van der Waals surface area contributed by atoms with Gasteiger partial charge in [-0.3, -0.25) is 9.59 Å². The van der Waals surface area contributed by atoms with Crippen LogP contribution in [0.2, 0.25) is 10.0 Å². The molecule has 2 amide bonds. The largest absolute Gasteiger partial charge is 0.342 e. The van der Waals surface area contributed by atoms with Crippen molar-refractivity contribution in [3.05, 3.63) is 82.6 Å². The van der Waals surface area contributed by atoms with E-state index in [2.05, 4.69) is 41.3 Å². The van der Waals surface area contributed by atoms with Gasteiger partial charge in [-0.25, -0.2) is 0 Å². The lowest BCUT2D eigenvalue weighted by molar-refractivity contribution is -0.113. The fourth-order valence-electron chi connectivity index (χ4n) is 3.42. The molecular formula is C25H27Cl2N5O2S. The van der Waals surface area contributed by atoms with E-state index in [1.165, 1.54) is 17.8 Å². The topological polar surface area (TPSA) is 88.9 Å². The Morgan fingerprint density at radius 1 is 1.14 bits per heavy atom. The second kappa shape index (κ2) is 12.8. The summed E-state index contributed by atoms with van der Waals surface area (Å²) in [7, 11) is 0. The molecule has 2 aromatic carbocycles. The quantitative estimate of drug-likeness (QED) is 0.233. The monoisotopic (exact) mass is 531 g/mol. The second-order valence-electron chi connectivity index (χ2n) is 8.22. The Labute approximate surface area is 219 Å². The van der Waals surface area contributed by atoms with Gasteiger partial charge < -0.3 is 15.2 Å². The van der Waals surface area contributed by atoms with E-state index >= 15 is 0 Å². The van der Waals surface area contributed by atoms with Crippen LogP contribution in [0.4, 0.5) is 5.69 Å². The molecule has 0 spiro atoms. The van der Waals surface area contributed by atoms with Gasteiger partial charge in [0.15, 0.2) is 11.0 Å². The summed E-state index contributed by atoms with van der Waals surface area (Å²) >= 11 is 13.5. The molecule has 0 saturated heterocycles. The van der Waals surface area contributed by atoms with E-state index in [4.69, 9.17) is 23.2 Å². The standard InChI is InChI=1S/C25H27Cl2N5O2S/c1-4-12-32-23(30-31-25(32)35-15-22(33)28-18-8-6-5-7-9-18)21(13-16(2)3)29-24(34)19-11-10-17(26)14-20(19)27/h4-11,14,16,21H,1,12-13,15H2,2-3H3,(H,28,33)(H,29,34)/t21-/m0/s1. The van der Waals surface area contributed by atoms with Crippen LogP contribution in [0.3, 0.4) is 0 Å². The highest BCUT2D eigenvalue weighted by atomic mass is 35.5. The molecule has 7 nitrogen and oxygen atoms in total. The van der Waals surface area contributed by atoms with Gasteiger partial charge in [0.1, 0.15) is 0 Å². The molecule has 10 heteroatoms. The minimum absolute atomic E-state index is 0.152. The van der Waals surface area contributed by atoms with Crippen molar-refractivity contribution < 1.29 is 9.59 Å². The average Bonchev–Trinajstić information content (AvgIpc) is 3.20. The molecule has 0 radical (unpaired) electrons. The zero-order valence-electron chi connectivity index (χ0n) is 19.5. The van der Waals surface area contributed by atoms with E-state index in [0.29, 0.717) is 34.5 Å². The number of halogens is 2. The summed E-state index contributed by atoms with van der Waals surface area (Å²) in [6, 6.07) is 13.6. The molecule has 0 aliphatic rings. The number of nitrogens with one attached hydrogen (secondary N) is 2. The highest BCUT2D eigenvalue weighted by molar-refractivity contribution is 7.99. The SMILES string of the molecule is C=CCn1c(SCC(=O)Nc2ccccc2)nnc1[C@H](CC(C)C)NC(=O)c1ccc(Cl)cc1Cl. The van der Waals surface area contributed by atoms with Gasteiger partial charge in [-0.15, -0.1) is 16.8 Å². The lowest BCUT2D eigenvalue weighted by atomic mass is 10.0. The number of hydrogen-bond donors (Lipinski definition) is 2. The zero-order chi connectivity index (χ0) is 25.4. The van der Waals surface area contributed by atoms with Crippen LogP contribution in [-0.4, -0.2) is 32.3 Å². The molecule has 1 aromatic heterocycles. The average molecular weight is 532 g/mol. The number of nitrogens with zero attached hydrogens (tertiary/aromatic N) is 3. The number of para-hydroxylation sites is 1. The zero-order valence-corrected chi connectivity index (χ0v) is 21.8. The molecule has 0 saturated carbocycles. The molecule has 1 heterocycles. The van der Waals surface area contributed by atoms with Crippen molar-refractivity contribution in [2.75, 3.05) is 11.1 Å². The number of anilines is 1. The molecule has 2 N–H and O–H groups in total. The fourth-order valence-corrected chi connectivity index (χ4v) is 4.67. The van der Waals surface area contributed by atoms with Crippen molar-refractivity contribution in [3.8, 4) is 0 Å². The van der Waals surface area contributed by atoms with Gasteiger partial charge >= 0.3 is 0 Å². The summed E-state index contributed by atoms with van der Waals surface area (Å²) < 4.78 is 1.87. The van der Waals surface area contributed by atoms with E-state index in [1.807, 2.05) is 34.9 Å². The van der Waals surface area contributed by atoms with Gasteiger partial charge in [0.05, 0.1) is 22.4 Å².